The molecule has 0 saturated carbocycles. The summed E-state index contributed by atoms with van der Waals surface area (Å²) in [5, 5.41) is 6.95. The standard InChI is InChI=1S/C20H20N2O2S/c1-14-17(15(2)24-22-14)12-13-20(23)21-18-10-6-7-11-19(18)25-16-8-4-3-5-9-16/h3-11H,12-13H2,1-2H3,(H,21,23). The van der Waals surface area contributed by atoms with Gasteiger partial charge in [0.25, 0.3) is 0 Å². The zero-order valence-corrected chi connectivity index (χ0v) is 15.1. The van der Waals surface area contributed by atoms with E-state index in [1.165, 1.54) is 0 Å². The van der Waals surface area contributed by atoms with Gasteiger partial charge in [-0.2, -0.15) is 0 Å². The Morgan fingerprint density at radius 2 is 1.80 bits per heavy atom. The summed E-state index contributed by atoms with van der Waals surface area (Å²) in [6.45, 7) is 3.77. The highest BCUT2D eigenvalue weighted by Crippen LogP contribution is 2.33. The predicted molar refractivity (Wildman–Crippen MR) is 99.9 cm³/mol. The minimum absolute atomic E-state index is 0.0129. The van der Waals surface area contributed by atoms with Crippen LogP contribution in [0, 0.1) is 13.8 Å². The lowest BCUT2D eigenvalue weighted by molar-refractivity contribution is -0.116. The second-order valence-electron chi connectivity index (χ2n) is 5.76. The summed E-state index contributed by atoms with van der Waals surface area (Å²) in [7, 11) is 0. The third kappa shape index (κ3) is 4.51. The number of nitrogens with zero attached hydrogens (tertiary/aromatic N) is 1. The molecule has 1 N–H and O–H groups in total. The van der Waals surface area contributed by atoms with Gasteiger partial charge >= 0.3 is 0 Å². The lowest BCUT2D eigenvalue weighted by Gasteiger charge is -2.10. The Morgan fingerprint density at radius 3 is 2.52 bits per heavy atom. The van der Waals surface area contributed by atoms with E-state index < -0.39 is 0 Å². The Balaban J connectivity index is 1.65. The SMILES string of the molecule is Cc1noc(C)c1CCC(=O)Nc1ccccc1Sc1ccccc1. The van der Waals surface area contributed by atoms with Crippen molar-refractivity contribution in [3.05, 3.63) is 71.6 Å². The first-order valence-electron chi connectivity index (χ1n) is 8.17. The van der Waals surface area contributed by atoms with Crippen molar-refractivity contribution >= 4 is 23.4 Å². The largest absolute Gasteiger partial charge is 0.361 e. The fourth-order valence-electron chi connectivity index (χ4n) is 2.58. The third-order valence-electron chi connectivity index (χ3n) is 3.92. The highest BCUT2D eigenvalue weighted by Gasteiger charge is 2.12. The van der Waals surface area contributed by atoms with E-state index in [1.807, 2.05) is 56.3 Å². The van der Waals surface area contributed by atoms with Crippen LogP contribution < -0.4 is 5.32 Å². The van der Waals surface area contributed by atoms with Crippen molar-refractivity contribution in [3.63, 3.8) is 0 Å². The van der Waals surface area contributed by atoms with Gasteiger partial charge in [-0.3, -0.25) is 4.79 Å². The van der Waals surface area contributed by atoms with Crippen molar-refractivity contribution in [2.24, 2.45) is 0 Å². The predicted octanol–water partition coefficient (Wildman–Crippen LogP) is 5.01. The minimum atomic E-state index is -0.0129. The molecule has 3 aromatic rings. The van der Waals surface area contributed by atoms with E-state index in [9.17, 15) is 4.79 Å². The molecule has 4 nitrogen and oxygen atoms in total. The van der Waals surface area contributed by atoms with Gasteiger partial charge in [-0.25, -0.2) is 0 Å². The fraction of sp³-hybridized carbons (Fsp3) is 0.200. The molecule has 1 aromatic heterocycles. The number of hydrogen-bond acceptors (Lipinski definition) is 4. The van der Waals surface area contributed by atoms with Gasteiger partial charge in [0.1, 0.15) is 5.76 Å². The normalized spacial score (nSPS) is 10.6. The molecular weight excluding hydrogens is 332 g/mol. The van der Waals surface area contributed by atoms with Crippen molar-refractivity contribution in [3.8, 4) is 0 Å². The molecule has 128 valence electrons. The highest BCUT2D eigenvalue weighted by molar-refractivity contribution is 7.99. The van der Waals surface area contributed by atoms with E-state index in [-0.39, 0.29) is 5.91 Å². The lowest BCUT2D eigenvalue weighted by Crippen LogP contribution is -2.13. The molecular formula is C20H20N2O2S. The van der Waals surface area contributed by atoms with E-state index >= 15 is 0 Å². The van der Waals surface area contributed by atoms with Crippen molar-refractivity contribution in [2.75, 3.05) is 5.32 Å². The van der Waals surface area contributed by atoms with E-state index in [1.54, 1.807) is 11.8 Å². The Morgan fingerprint density at radius 1 is 1.08 bits per heavy atom. The molecule has 0 aliphatic heterocycles. The molecule has 0 atom stereocenters. The summed E-state index contributed by atoms with van der Waals surface area (Å²) < 4.78 is 5.15. The fourth-order valence-corrected chi connectivity index (χ4v) is 3.51. The van der Waals surface area contributed by atoms with Crippen LogP contribution in [0.2, 0.25) is 0 Å². The average Bonchev–Trinajstić information content (AvgIpc) is 2.94. The topological polar surface area (TPSA) is 55.1 Å². The van der Waals surface area contributed by atoms with Crippen LogP contribution >= 0.6 is 11.8 Å². The van der Waals surface area contributed by atoms with Gasteiger partial charge in [0.05, 0.1) is 11.4 Å². The number of carbonyl (C=O) groups excluding carboxylic acids is 1. The zero-order valence-electron chi connectivity index (χ0n) is 14.3. The monoisotopic (exact) mass is 352 g/mol. The molecule has 1 amide bonds. The summed E-state index contributed by atoms with van der Waals surface area (Å²) >= 11 is 1.64. The number of carbonyl (C=O) groups is 1. The van der Waals surface area contributed by atoms with Crippen LogP contribution in [-0.2, 0) is 11.2 Å². The van der Waals surface area contributed by atoms with E-state index in [2.05, 4.69) is 22.6 Å². The number of rotatable bonds is 6. The molecule has 0 radical (unpaired) electrons. The molecule has 0 aliphatic rings. The highest BCUT2D eigenvalue weighted by atomic mass is 32.2. The second kappa shape index (κ2) is 8.03. The van der Waals surface area contributed by atoms with E-state index in [0.29, 0.717) is 12.8 Å². The molecule has 0 fully saturated rings. The molecule has 0 unspecified atom stereocenters. The van der Waals surface area contributed by atoms with Crippen molar-refractivity contribution < 1.29 is 9.32 Å². The Kier molecular flexibility index (Phi) is 5.56. The number of aromatic nitrogens is 1. The minimum Gasteiger partial charge on any atom is -0.361 e. The molecule has 0 saturated heterocycles. The molecule has 1 heterocycles. The summed E-state index contributed by atoms with van der Waals surface area (Å²) in [5.41, 5.74) is 2.70. The van der Waals surface area contributed by atoms with Gasteiger partial charge < -0.3 is 9.84 Å². The second-order valence-corrected chi connectivity index (χ2v) is 6.88. The Labute approximate surface area is 151 Å². The van der Waals surface area contributed by atoms with Gasteiger partial charge in [-0.1, -0.05) is 47.3 Å². The summed E-state index contributed by atoms with van der Waals surface area (Å²) in [4.78, 5) is 14.5. The number of para-hydroxylation sites is 1. The number of aryl methyl sites for hydroxylation is 2. The Bertz CT molecular complexity index is 840. The van der Waals surface area contributed by atoms with Gasteiger partial charge in [-0.05, 0) is 44.5 Å². The lowest BCUT2D eigenvalue weighted by atomic mass is 10.1. The van der Waals surface area contributed by atoms with Crippen LogP contribution in [0.15, 0.2) is 68.9 Å². The van der Waals surface area contributed by atoms with Crippen LogP contribution in [0.1, 0.15) is 23.4 Å². The third-order valence-corrected chi connectivity index (χ3v) is 5.00. The van der Waals surface area contributed by atoms with Crippen LogP contribution in [0.4, 0.5) is 5.69 Å². The first-order chi connectivity index (χ1) is 12.1. The molecule has 2 aromatic carbocycles. The first kappa shape index (κ1) is 17.3. The molecule has 5 heteroatoms. The van der Waals surface area contributed by atoms with Crippen molar-refractivity contribution in [1.29, 1.82) is 0 Å². The van der Waals surface area contributed by atoms with Crippen LogP contribution in [0.3, 0.4) is 0 Å². The number of hydrogen-bond donors (Lipinski definition) is 1. The molecule has 3 rings (SSSR count). The maximum absolute atomic E-state index is 12.4. The van der Waals surface area contributed by atoms with Crippen molar-refractivity contribution in [2.45, 2.75) is 36.5 Å². The van der Waals surface area contributed by atoms with Crippen LogP contribution in [0.25, 0.3) is 0 Å². The molecule has 0 spiro atoms. The van der Waals surface area contributed by atoms with E-state index in [0.717, 1.165) is 32.5 Å². The molecule has 0 aliphatic carbocycles. The maximum atomic E-state index is 12.4. The zero-order chi connectivity index (χ0) is 17.6. The van der Waals surface area contributed by atoms with E-state index in [4.69, 9.17) is 4.52 Å². The number of benzene rings is 2. The number of amides is 1. The summed E-state index contributed by atoms with van der Waals surface area (Å²) in [6.07, 6.45) is 1.02. The molecule has 25 heavy (non-hydrogen) atoms. The maximum Gasteiger partial charge on any atom is 0.224 e. The van der Waals surface area contributed by atoms with Crippen LogP contribution in [0.5, 0.6) is 0 Å². The summed E-state index contributed by atoms with van der Waals surface area (Å²) in [5.74, 6) is 0.770. The summed E-state index contributed by atoms with van der Waals surface area (Å²) in [6, 6.07) is 18.0. The smallest absolute Gasteiger partial charge is 0.224 e. The number of anilines is 1. The quantitative estimate of drug-likeness (QED) is 0.677. The Hall–Kier alpha value is -2.53. The number of nitrogens with one attached hydrogen (secondary N) is 1. The van der Waals surface area contributed by atoms with Gasteiger partial charge in [0.15, 0.2) is 0 Å². The van der Waals surface area contributed by atoms with Gasteiger partial charge in [0, 0.05) is 21.8 Å². The molecule has 0 bridgehead atoms. The van der Waals surface area contributed by atoms with Crippen molar-refractivity contribution in [1.82, 2.24) is 5.16 Å². The van der Waals surface area contributed by atoms with Gasteiger partial charge in [-0.15, -0.1) is 0 Å². The average molecular weight is 352 g/mol. The first-order valence-corrected chi connectivity index (χ1v) is 8.98. The van der Waals surface area contributed by atoms with Crippen LogP contribution in [-0.4, -0.2) is 11.1 Å². The van der Waals surface area contributed by atoms with Gasteiger partial charge in [0.2, 0.25) is 5.91 Å².